The van der Waals surface area contributed by atoms with E-state index in [4.69, 9.17) is 9.97 Å². The molecule has 0 saturated heterocycles. The van der Waals surface area contributed by atoms with Gasteiger partial charge in [0, 0.05) is 38.0 Å². The quantitative estimate of drug-likeness (QED) is 0.388. The van der Waals surface area contributed by atoms with Gasteiger partial charge in [0.15, 0.2) is 5.78 Å². The number of aromatic nitrogens is 2. The number of nitrogens with zero attached hydrogens (tertiary/aromatic N) is 3. The number of carbonyl (C=O) groups excluding carboxylic acids is 1. The van der Waals surface area contributed by atoms with Gasteiger partial charge in [-0.25, -0.2) is 9.97 Å². The second-order valence-electron chi connectivity index (χ2n) is 10.0. The summed E-state index contributed by atoms with van der Waals surface area (Å²) in [5, 5.41) is 4.73. The summed E-state index contributed by atoms with van der Waals surface area (Å²) < 4.78 is 0. The van der Waals surface area contributed by atoms with Crippen molar-refractivity contribution in [2.24, 2.45) is 11.8 Å². The number of nitrogens with one attached hydrogen (secondary N) is 1. The molecule has 5 heteroatoms. The molecule has 1 fully saturated rings. The predicted molar refractivity (Wildman–Crippen MR) is 140 cm³/mol. The van der Waals surface area contributed by atoms with Gasteiger partial charge in [0.1, 0.15) is 11.6 Å². The highest BCUT2D eigenvalue weighted by atomic mass is 16.1. The summed E-state index contributed by atoms with van der Waals surface area (Å²) in [7, 11) is 4.10. The van der Waals surface area contributed by atoms with E-state index >= 15 is 0 Å². The van der Waals surface area contributed by atoms with Gasteiger partial charge >= 0.3 is 0 Å². The minimum atomic E-state index is 0.130. The van der Waals surface area contributed by atoms with Crippen LogP contribution in [0.15, 0.2) is 48.5 Å². The van der Waals surface area contributed by atoms with Crippen LogP contribution in [-0.2, 0) is 13.0 Å². The van der Waals surface area contributed by atoms with Gasteiger partial charge in [-0.1, -0.05) is 49.6 Å². The van der Waals surface area contributed by atoms with Crippen LogP contribution in [0.25, 0.3) is 10.9 Å². The number of aryl methyl sites for hydroxylation is 1. The number of hydrogen-bond acceptors (Lipinski definition) is 5. The zero-order valence-electron chi connectivity index (χ0n) is 20.9. The highest BCUT2D eigenvalue weighted by Crippen LogP contribution is 2.32. The lowest BCUT2D eigenvalue weighted by Crippen LogP contribution is -2.26. The van der Waals surface area contributed by atoms with Gasteiger partial charge in [0.25, 0.3) is 0 Å². The van der Waals surface area contributed by atoms with Crippen LogP contribution in [0.4, 0.5) is 5.82 Å². The summed E-state index contributed by atoms with van der Waals surface area (Å²) in [6.07, 6.45) is 8.65. The monoisotopic (exact) mass is 458 g/mol. The second kappa shape index (κ2) is 11.6. The Morgan fingerprint density at radius 3 is 2.53 bits per heavy atom. The van der Waals surface area contributed by atoms with E-state index < -0.39 is 0 Å². The highest BCUT2D eigenvalue weighted by Gasteiger charge is 2.21. The summed E-state index contributed by atoms with van der Waals surface area (Å²) >= 11 is 0. The summed E-state index contributed by atoms with van der Waals surface area (Å²) in [5.41, 5.74) is 3.03. The summed E-state index contributed by atoms with van der Waals surface area (Å²) in [5.74, 6) is 3.71. The molecule has 2 aromatic carbocycles. The Morgan fingerprint density at radius 1 is 1.00 bits per heavy atom. The number of rotatable bonds is 10. The molecule has 0 atom stereocenters. The second-order valence-corrected chi connectivity index (χ2v) is 10.0. The maximum absolute atomic E-state index is 11.6. The molecular weight excluding hydrogens is 420 g/mol. The molecule has 5 nitrogen and oxygen atoms in total. The third-order valence-corrected chi connectivity index (χ3v) is 7.13. The van der Waals surface area contributed by atoms with Crippen molar-refractivity contribution >= 4 is 22.5 Å². The Balaban J connectivity index is 1.19. The average Bonchev–Trinajstić information content (AvgIpc) is 2.84. The van der Waals surface area contributed by atoms with Gasteiger partial charge in [-0.2, -0.15) is 0 Å². The van der Waals surface area contributed by atoms with Gasteiger partial charge in [-0.05, 0) is 68.3 Å². The molecule has 1 aromatic heterocycles. The minimum Gasteiger partial charge on any atom is -0.362 e. The number of benzene rings is 2. The topological polar surface area (TPSA) is 58.1 Å². The number of ketones is 1. The number of hydrogen-bond donors (Lipinski definition) is 1. The Bertz CT molecular complexity index is 1100. The molecule has 0 radical (unpaired) electrons. The van der Waals surface area contributed by atoms with Crippen molar-refractivity contribution in [2.75, 3.05) is 25.5 Å². The Labute approximate surface area is 204 Å². The smallest absolute Gasteiger partial charge is 0.159 e. The Morgan fingerprint density at radius 2 is 1.76 bits per heavy atom. The molecule has 34 heavy (non-hydrogen) atoms. The van der Waals surface area contributed by atoms with E-state index in [-0.39, 0.29) is 5.78 Å². The van der Waals surface area contributed by atoms with Crippen molar-refractivity contribution in [1.82, 2.24) is 15.3 Å². The first-order chi connectivity index (χ1) is 16.5. The number of carbonyl (C=O) groups is 1. The van der Waals surface area contributed by atoms with E-state index in [2.05, 4.69) is 54.6 Å². The van der Waals surface area contributed by atoms with E-state index in [0.717, 1.165) is 65.9 Å². The van der Waals surface area contributed by atoms with Crippen LogP contribution in [0.2, 0.25) is 0 Å². The fraction of sp³-hybridized carbons (Fsp3) is 0.483. The van der Waals surface area contributed by atoms with Crippen LogP contribution in [0.1, 0.15) is 67.2 Å². The number of fused-ring (bicyclic) bond motifs is 1. The molecule has 3 aromatic rings. The molecule has 4 rings (SSSR count). The molecule has 1 heterocycles. The molecule has 180 valence electrons. The molecular formula is C29H38N4O. The van der Waals surface area contributed by atoms with Gasteiger partial charge < -0.3 is 10.2 Å². The summed E-state index contributed by atoms with van der Waals surface area (Å²) in [4.78, 5) is 23.3. The molecule has 0 amide bonds. The lowest BCUT2D eigenvalue weighted by atomic mass is 9.80. The number of Topliss-reactive ketones (excluding diaryl/α,β-unsaturated/α-hetero) is 1. The fourth-order valence-electron chi connectivity index (χ4n) is 5.15. The normalized spacial score (nSPS) is 18.2. The Hall–Kier alpha value is -2.79. The predicted octanol–water partition coefficient (Wildman–Crippen LogP) is 5.82. The van der Waals surface area contributed by atoms with Crippen LogP contribution in [-0.4, -0.2) is 36.4 Å². The molecule has 1 aliphatic rings. The molecule has 1 saturated carbocycles. The third kappa shape index (κ3) is 6.41. The zero-order chi connectivity index (χ0) is 23.9. The van der Waals surface area contributed by atoms with E-state index in [1.807, 2.05) is 18.2 Å². The maximum atomic E-state index is 11.6. The summed E-state index contributed by atoms with van der Waals surface area (Å²) in [6.45, 7) is 3.53. The van der Waals surface area contributed by atoms with Crippen molar-refractivity contribution in [2.45, 2.75) is 58.4 Å². The van der Waals surface area contributed by atoms with Gasteiger partial charge in [0.05, 0.1) is 5.52 Å². The number of anilines is 1. The SMILES string of the molecule is CC(=O)c1cccc(CNCC2CCC(CCCc3nc(N(C)C)c4ccccc4n3)CC2)c1. The molecule has 0 unspecified atom stereocenters. The Kier molecular flexibility index (Phi) is 8.28. The van der Waals surface area contributed by atoms with Gasteiger partial charge in [0.2, 0.25) is 0 Å². The fourth-order valence-corrected chi connectivity index (χ4v) is 5.15. The first-order valence-corrected chi connectivity index (χ1v) is 12.7. The lowest BCUT2D eigenvalue weighted by Gasteiger charge is -2.28. The van der Waals surface area contributed by atoms with Crippen LogP contribution >= 0.6 is 0 Å². The van der Waals surface area contributed by atoms with E-state index in [1.54, 1.807) is 6.92 Å². The van der Waals surface area contributed by atoms with E-state index in [1.165, 1.54) is 37.7 Å². The first kappa shape index (κ1) is 24.3. The van der Waals surface area contributed by atoms with Crippen LogP contribution in [0, 0.1) is 11.8 Å². The van der Waals surface area contributed by atoms with Crippen molar-refractivity contribution in [3.05, 3.63) is 65.5 Å². The molecule has 1 aliphatic carbocycles. The molecule has 1 N–H and O–H groups in total. The van der Waals surface area contributed by atoms with Gasteiger partial charge in [-0.15, -0.1) is 0 Å². The zero-order valence-corrected chi connectivity index (χ0v) is 20.9. The largest absolute Gasteiger partial charge is 0.362 e. The van der Waals surface area contributed by atoms with E-state index in [9.17, 15) is 4.79 Å². The first-order valence-electron chi connectivity index (χ1n) is 12.7. The molecule has 0 aliphatic heterocycles. The van der Waals surface area contributed by atoms with Crippen molar-refractivity contribution < 1.29 is 4.79 Å². The minimum absolute atomic E-state index is 0.130. The van der Waals surface area contributed by atoms with E-state index in [0.29, 0.717) is 0 Å². The number of para-hydroxylation sites is 1. The van der Waals surface area contributed by atoms with Crippen molar-refractivity contribution in [3.8, 4) is 0 Å². The van der Waals surface area contributed by atoms with Crippen molar-refractivity contribution in [3.63, 3.8) is 0 Å². The standard InChI is InChI=1S/C29H38N4O/c1-21(34)25-10-6-9-24(18-25)20-30-19-23-16-14-22(15-17-23)8-7-13-28-31-27-12-5-4-11-26(27)29(32-28)33(2)3/h4-6,9-12,18,22-23,30H,7-8,13-17,19-20H2,1-3H3. The maximum Gasteiger partial charge on any atom is 0.159 e. The van der Waals surface area contributed by atoms with Gasteiger partial charge in [-0.3, -0.25) is 4.79 Å². The van der Waals surface area contributed by atoms with Crippen LogP contribution < -0.4 is 10.2 Å². The molecule has 0 bridgehead atoms. The van der Waals surface area contributed by atoms with Crippen molar-refractivity contribution in [1.29, 1.82) is 0 Å². The third-order valence-electron chi connectivity index (χ3n) is 7.13. The highest BCUT2D eigenvalue weighted by molar-refractivity contribution is 5.94. The van der Waals surface area contributed by atoms with Crippen LogP contribution in [0.3, 0.4) is 0 Å². The lowest BCUT2D eigenvalue weighted by molar-refractivity contribution is 0.101. The molecule has 0 spiro atoms. The van der Waals surface area contributed by atoms with Crippen LogP contribution in [0.5, 0.6) is 0 Å². The average molecular weight is 459 g/mol. The summed E-state index contributed by atoms with van der Waals surface area (Å²) in [6, 6.07) is 16.3.